The highest BCUT2D eigenvalue weighted by Crippen LogP contribution is 2.23. The topological polar surface area (TPSA) is 44.1 Å². The molecule has 4 nitrogen and oxygen atoms in total. The molecule has 0 radical (unpaired) electrons. The summed E-state index contributed by atoms with van der Waals surface area (Å²) in [4.78, 5) is 18.1. The number of fused-ring (bicyclic) bond motifs is 2. The third-order valence-electron chi connectivity index (χ3n) is 5.73. The van der Waals surface area contributed by atoms with Crippen LogP contribution in [-0.4, -0.2) is 16.2 Å². The summed E-state index contributed by atoms with van der Waals surface area (Å²) in [6, 6.07) is 29.3. The van der Waals surface area contributed by atoms with Crippen molar-refractivity contribution >= 4 is 33.3 Å². The van der Waals surface area contributed by atoms with E-state index >= 15 is 0 Å². The number of hydrogen-bond donors (Lipinski definition) is 0. The van der Waals surface area contributed by atoms with Crippen molar-refractivity contribution in [1.29, 1.82) is 0 Å². The van der Waals surface area contributed by atoms with Gasteiger partial charge in [0.15, 0.2) is 0 Å². The highest BCUT2D eigenvalue weighted by atomic mass is 35.5. The Morgan fingerprint density at radius 3 is 2.42 bits per heavy atom. The van der Waals surface area contributed by atoms with E-state index in [0.717, 1.165) is 29.5 Å². The van der Waals surface area contributed by atoms with Gasteiger partial charge in [-0.1, -0.05) is 54.1 Å². The Bertz CT molecular complexity index is 1480. The fourth-order valence-electron chi connectivity index (χ4n) is 4.01. The molecule has 0 atom stereocenters. The molecule has 1 heterocycles. The zero-order valence-corrected chi connectivity index (χ0v) is 18.8. The van der Waals surface area contributed by atoms with Crippen LogP contribution in [0.2, 0.25) is 5.02 Å². The number of hydrogen-bond acceptors (Lipinski definition) is 3. The van der Waals surface area contributed by atoms with Gasteiger partial charge in [-0.25, -0.2) is 4.98 Å². The second-order valence-electron chi connectivity index (χ2n) is 7.98. The summed E-state index contributed by atoms with van der Waals surface area (Å²) < 4.78 is 7.73. The molecule has 5 rings (SSSR count). The van der Waals surface area contributed by atoms with E-state index in [1.807, 2.05) is 66.7 Å². The van der Waals surface area contributed by atoms with Crippen molar-refractivity contribution in [3.63, 3.8) is 0 Å². The van der Waals surface area contributed by atoms with Crippen LogP contribution < -0.4 is 10.3 Å². The zero-order valence-electron chi connectivity index (χ0n) is 18.1. The van der Waals surface area contributed by atoms with Crippen molar-refractivity contribution in [2.24, 2.45) is 0 Å². The molecule has 33 heavy (non-hydrogen) atoms. The van der Waals surface area contributed by atoms with Gasteiger partial charge in [-0.2, -0.15) is 0 Å². The lowest BCUT2D eigenvalue weighted by Gasteiger charge is -2.14. The molecular weight excluding hydrogens is 432 g/mol. The average Bonchev–Trinajstić information content (AvgIpc) is 2.85. The quantitative estimate of drug-likeness (QED) is 0.256. The zero-order chi connectivity index (χ0) is 22.6. The van der Waals surface area contributed by atoms with Gasteiger partial charge in [0, 0.05) is 17.1 Å². The van der Waals surface area contributed by atoms with Crippen molar-refractivity contribution in [3.8, 4) is 17.1 Å². The van der Waals surface area contributed by atoms with Crippen LogP contribution in [0, 0.1) is 0 Å². The van der Waals surface area contributed by atoms with Gasteiger partial charge in [0.2, 0.25) is 0 Å². The minimum atomic E-state index is -0.0269. The molecule has 5 heteroatoms. The monoisotopic (exact) mass is 454 g/mol. The van der Waals surface area contributed by atoms with Gasteiger partial charge in [-0.3, -0.25) is 9.36 Å². The fraction of sp³-hybridized carbons (Fsp3) is 0.143. The fourth-order valence-corrected chi connectivity index (χ4v) is 4.14. The van der Waals surface area contributed by atoms with E-state index < -0.39 is 0 Å². The third-order valence-corrected chi connectivity index (χ3v) is 5.98. The molecule has 0 amide bonds. The summed E-state index contributed by atoms with van der Waals surface area (Å²) in [5.74, 6) is 1.52. The van der Waals surface area contributed by atoms with Gasteiger partial charge in [-0.05, 0) is 72.1 Å². The number of nitrogens with zero attached hydrogens (tertiary/aromatic N) is 2. The number of rotatable bonds is 7. The first-order valence-corrected chi connectivity index (χ1v) is 11.4. The summed E-state index contributed by atoms with van der Waals surface area (Å²) in [6.07, 6.45) is 1.63. The molecule has 0 N–H and O–H groups in total. The number of para-hydroxylation sites is 1. The van der Waals surface area contributed by atoms with Gasteiger partial charge < -0.3 is 4.74 Å². The van der Waals surface area contributed by atoms with E-state index in [-0.39, 0.29) is 5.56 Å². The van der Waals surface area contributed by atoms with Crippen molar-refractivity contribution in [3.05, 3.63) is 106 Å². The molecule has 0 bridgehead atoms. The summed E-state index contributed by atoms with van der Waals surface area (Å²) in [5.41, 5.74) is 1.54. The molecule has 1 aromatic heterocycles. The predicted octanol–water partition coefficient (Wildman–Crippen LogP) is 6.73. The molecule has 4 aromatic carbocycles. The van der Waals surface area contributed by atoms with Crippen molar-refractivity contribution in [2.75, 3.05) is 6.61 Å². The minimum Gasteiger partial charge on any atom is -0.494 e. The maximum Gasteiger partial charge on any atom is 0.261 e. The lowest BCUT2D eigenvalue weighted by atomic mass is 10.1. The molecule has 0 saturated carbocycles. The second-order valence-corrected chi connectivity index (χ2v) is 8.42. The summed E-state index contributed by atoms with van der Waals surface area (Å²) in [6.45, 7) is 1.15. The largest absolute Gasteiger partial charge is 0.494 e. The smallest absolute Gasteiger partial charge is 0.261 e. The summed E-state index contributed by atoms with van der Waals surface area (Å²) in [5, 5.41) is 3.64. The molecule has 0 aliphatic rings. The van der Waals surface area contributed by atoms with E-state index in [1.54, 1.807) is 4.57 Å². The van der Waals surface area contributed by atoms with Crippen molar-refractivity contribution in [1.82, 2.24) is 9.55 Å². The normalized spacial score (nSPS) is 11.2. The van der Waals surface area contributed by atoms with E-state index in [2.05, 4.69) is 24.3 Å². The lowest BCUT2D eigenvalue weighted by Crippen LogP contribution is -2.24. The van der Waals surface area contributed by atoms with E-state index in [9.17, 15) is 4.79 Å². The Balaban J connectivity index is 1.32. The standard InChI is InChI=1S/C28H23ClN2O2/c29-23-14-11-21(12-15-23)27-30-26-10-4-3-9-25(26)28(32)31(27)17-5-6-18-33-24-16-13-20-7-1-2-8-22(20)19-24/h1-4,7-16,19H,5-6,17-18H2. The van der Waals surface area contributed by atoms with Crippen LogP contribution in [0.5, 0.6) is 5.75 Å². The van der Waals surface area contributed by atoms with E-state index in [0.29, 0.717) is 34.9 Å². The SMILES string of the molecule is O=c1c2ccccc2nc(-c2ccc(Cl)cc2)n1CCCCOc1ccc2ccccc2c1. The molecule has 0 aliphatic carbocycles. The second kappa shape index (κ2) is 9.47. The Hall–Kier alpha value is -3.63. The maximum atomic E-state index is 13.3. The molecule has 5 aromatic rings. The third kappa shape index (κ3) is 4.62. The van der Waals surface area contributed by atoms with Crippen molar-refractivity contribution < 1.29 is 4.74 Å². The number of ether oxygens (including phenoxy) is 1. The average molecular weight is 455 g/mol. The lowest BCUT2D eigenvalue weighted by molar-refractivity contribution is 0.303. The Kier molecular flexibility index (Phi) is 6.09. The van der Waals surface area contributed by atoms with Crippen LogP contribution in [-0.2, 0) is 6.54 Å². The highest BCUT2D eigenvalue weighted by molar-refractivity contribution is 6.30. The van der Waals surface area contributed by atoms with Crippen LogP contribution in [0.25, 0.3) is 33.1 Å². The Labute approximate surface area is 197 Å². The Morgan fingerprint density at radius 2 is 1.58 bits per heavy atom. The Morgan fingerprint density at radius 1 is 0.818 bits per heavy atom. The first-order valence-electron chi connectivity index (χ1n) is 11.1. The molecule has 0 aliphatic heterocycles. The number of unbranched alkanes of at least 4 members (excludes halogenated alkanes) is 1. The van der Waals surface area contributed by atoms with Gasteiger partial charge in [-0.15, -0.1) is 0 Å². The first kappa shape index (κ1) is 21.2. The summed E-state index contributed by atoms with van der Waals surface area (Å²) >= 11 is 6.06. The molecule has 0 unspecified atom stereocenters. The van der Waals surface area contributed by atoms with E-state index in [1.165, 1.54) is 5.39 Å². The highest BCUT2D eigenvalue weighted by Gasteiger charge is 2.12. The summed E-state index contributed by atoms with van der Waals surface area (Å²) in [7, 11) is 0. The maximum absolute atomic E-state index is 13.3. The molecule has 0 fully saturated rings. The first-order chi connectivity index (χ1) is 16.2. The van der Waals surface area contributed by atoms with Crippen molar-refractivity contribution in [2.45, 2.75) is 19.4 Å². The number of halogens is 1. The number of benzene rings is 4. The molecule has 164 valence electrons. The van der Waals surface area contributed by atoms with Crippen LogP contribution >= 0.6 is 11.6 Å². The van der Waals surface area contributed by atoms with Crippen LogP contribution in [0.1, 0.15) is 12.8 Å². The van der Waals surface area contributed by atoms with Gasteiger partial charge >= 0.3 is 0 Å². The van der Waals surface area contributed by atoms with Gasteiger partial charge in [0.1, 0.15) is 11.6 Å². The molecular formula is C28H23ClN2O2. The molecule has 0 saturated heterocycles. The van der Waals surface area contributed by atoms with Crippen LogP contribution in [0.3, 0.4) is 0 Å². The minimum absolute atomic E-state index is 0.0269. The van der Waals surface area contributed by atoms with E-state index in [4.69, 9.17) is 21.3 Å². The van der Waals surface area contributed by atoms with Crippen LogP contribution in [0.4, 0.5) is 0 Å². The van der Waals surface area contributed by atoms with Gasteiger partial charge in [0.25, 0.3) is 5.56 Å². The predicted molar refractivity (Wildman–Crippen MR) is 135 cm³/mol. The van der Waals surface area contributed by atoms with Gasteiger partial charge in [0.05, 0.1) is 17.5 Å². The van der Waals surface area contributed by atoms with Crippen LogP contribution in [0.15, 0.2) is 95.8 Å². The number of aromatic nitrogens is 2. The molecule has 0 spiro atoms.